The van der Waals surface area contributed by atoms with Crippen LogP contribution in [0.4, 0.5) is 0 Å². The number of hydrogen-bond acceptors (Lipinski definition) is 2. The van der Waals surface area contributed by atoms with E-state index in [2.05, 4.69) is 40.0 Å². The number of rotatable bonds is 2. The molecule has 0 saturated heterocycles. The van der Waals surface area contributed by atoms with Crippen molar-refractivity contribution in [2.24, 2.45) is 12.8 Å². The van der Waals surface area contributed by atoms with Gasteiger partial charge in [-0.1, -0.05) is 24.3 Å². The Morgan fingerprint density at radius 2 is 2.06 bits per heavy atom. The number of hydrogen-bond donors (Lipinski definition) is 1. The molecule has 1 aromatic heterocycles. The zero-order valence-corrected chi connectivity index (χ0v) is 11.0. The summed E-state index contributed by atoms with van der Waals surface area (Å²) < 4.78 is 2.95. The first kappa shape index (κ1) is 11.4. The molecular formula is C12H14BrN3. The van der Waals surface area contributed by atoms with E-state index in [0.717, 1.165) is 21.7 Å². The highest BCUT2D eigenvalue weighted by molar-refractivity contribution is 9.10. The first-order valence-electron chi connectivity index (χ1n) is 5.12. The molecule has 0 aliphatic rings. The van der Waals surface area contributed by atoms with Crippen molar-refractivity contribution in [2.75, 3.05) is 0 Å². The topological polar surface area (TPSA) is 43.8 Å². The lowest BCUT2D eigenvalue weighted by Crippen LogP contribution is -2.04. The Kier molecular flexibility index (Phi) is 3.12. The second kappa shape index (κ2) is 4.39. The molecule has 0 unspecified atom stereocenters. The van der Waals surface area contributed by atoms with Crippen LogP contribution in [0.15, 0.2) is 28.9 Å². The van der Waals surface area contributed by atoms with Crippen LogP contribution in [-0.4, -0.2) is 9.55 Å². The second-order valence-corrected chi connectivity index (χ2v) is 4.50. The molecule has 0 amide bonds. The summed E-state index contributed by atoms with van der Waals surface area (Å²) in [6.07, 6.45) is 0. The van der Waals surface area contributed by atoms with E-state index >= 15 is 0 Å². The van der Waals surface area contributed by atoms with E-state index in [1.54, 1.807) is 0 Å². The Morgan fingerprint density at radius 3 is 2.62 bits per heavy atom. The molecule has 0 bridgehead atoms. The van der Waals surface area contributed by atoms with Crippen molar-refractivity contribution in [3.05, 3.63) is 40.3 Å². The van der Waals surface area contributed by atoms with Crippen LogP contribution in [0.2, 0.25) is 0 Å². The van der Waals surface area contributed by atoms with Crippen LogP contribution < -0.4 is 5.73 Å². The summed E-state index contributed by atoms with van der Waals surface area (Å²) in [6.45, 7) is 2.53. The van der Waals surface area contributed by atoms with E-state index in [0.29, 0.717) is 6.54 Å². The molecule has 2 aromatic rings. The molecular weight excluding hydrogens is 266 g/mol. The lowest BCUT2D eigenvalue weighted by molar-refractivity contribution is 0.781. The molecule has 4 heteroatoms. The number of imidazole rings is 1. The fourth-order valence-corrected chi connectivity index (χ4v) is 2.22. The lowest BCUT2D eigenvalue weighted by Gasteiger charge is -2.02. The maximum absolute atomic E-state index is 5.64. The van der Waals surface area contributed by atoms with Gasteiger partial charge < -0.3 is 10.3 Å². The summed E-state index contributed by atoms with van der Waals surface area (Å²) in [6, 6.07) is 8.20. The third kappa shape index (κ3) is 1.79. The summed E-state index contributed by atoms with van der Waals surface area (Å²) in [7, 11) is 1.96. The second-order valence-electron chi connectivity index (χ2n) is 3.75. The molecule has 2 N–H and O–H groups in total. The standard InChI is InChI=1S/C12H14BrN3/c1-8-5-3-4-6-9(8)11-12(13)16(2)10(7-14)15-11/h3-6H,7,14H2,1-2H3. The maximum atomic E-state index is 5.64. The molecule has 1 aromatic carbocycles. The van der Waals surface area contributed by atoms with Crippen molar-refractivity contribution in [2.45, 2.75) is 13.5 Å². The van der Waals surface area contributed by atoms with Crippen molar-refractivity contribution < 1.29 is 0 Å². The molecule has 0 saturated carbocycles. The van der Waals surface area contributed by atoms with Gasteiger partial charge in [0.05, 0.1) is 6.54 Å². The summed E-state index contributed by atoms with van der Waals surface area (Å²) in [5, 5.41) is 0. The monoisotopic (exact) mass is 279 g/mol. The maximum Gasteiger partial charge on any atom is 0.123 e. The normalized spacial score (nSPS) is 10.8. The number of benzene rings is 1. The molecule has 16 heavy (non-hydrogen) atoms. The molecule has 84 valence electrons. The zero-order valence-electron chi connectivity index (χ0n) is 9.37. The number of nitrogens with two attached hydrogens (primary N) is 1. The first-order valence-corrected chi connectivity index (χ1v) is 5.91. The van der Waals surface area contributed by atoms with E-state index in [1.807, 2.05) is 23.7 Å². The highest BCUT2D eigenvalue weighted by Gasteiger charge is 2.14. The lowest BCUT2D eigenvalue weighted by atomic mass is 10.1. The van der Waals surface area contributed by atoms with E-state index in [9.17, 15) is 0 Å². The predicted octanol–water partition coefficient (Wildman–Crippen LogP) is 2.62. The Hall–Kier alpha value is -1.13. The quantitative estimate of drug-likeness (QED) is 0.919. The molecule has 0 fully saturated rings. The largest absolute Gasteiger partial charge is 0.324 e. The van der Waals surface area contributed by atoms with Crippen LogP contribution >= 0.6 is 15.9 Å². The van der Waals surface area contributed by atoms with E-state index in [4.69, 9.17) is 5.73 Å². The van der Waals surface area contributed by atoms with E-state index in [1.165, 1.54) is 5.56 Å². The molecule has 0 spiro atoms. The van der Waals surface area contributed by atoms with Crippen LogP contribution in [0.5, 0.6) is 0 Å². The molecule has 3 nitrogen and oxygen atoms in total. The molecule has 0 radical (unpaired) electrons. The Bertz CT molecular complexity index is 517. The van der Waals surface area contributed by atoms with Crippen molar-refractivity contribution in [3.8, 4) is 11.3 Å². The van der Waals surface area contributed by atoms with Crippen LogP contribution in [0.1, 0.15) is 11.4 Å². The van der Waals surface area contributed by atoms with Crippen LogP contribution in [0, 0.1) is 6.92 Å². The Morgan fingerprint density at radius 1 is 1.38 bits per heavy atom. The van der Waals surface area contributed by atoms with Crippen LogP contribution in [0.3, 0.4) is 0 Å². The van der Waals surface area contributed by atoms with Gasteiger partial charge in [0, 0.05) is 12.6 Å². The van der Waals surface area contributed by atoms with E-state index < -0.39 is 0 Å². The van der Waals surface area contributed by atoms with Gasteiger partial charge in [-0.25, -0.2) is 4.98 Å². The van der Waals surface area contributed by atoms with Gasteiger partial charge >= 0.3 is 0 Å². The molecule has 0 aliphatic carbocycles. The zero-order chi connectivity index (χ0) is 11.7. The number of aromatic nitrogens is 2. The van der Waals surface area contributed by atoms with Gasteiger partial charge in [0.2, 0.25) is 0 Å². The van der Waals surface area contributed by atoms with E-state index in [-0.39, 0.29) is 0 Å². The molecule has 2 rings (SSSR count). The fraction of sp³-hybridized carbons (Fsp3) is 0.250. The smallest absolute Gasteiger partial charge is 0.123 e. The number of halogens is 1. The van der Waals surface area contributed by atoms with Gasteiger partial charge in [-0.3, -0.25) is 0 Å². The highest BCUT2D eigenvalue weighted by atomic mass is 79.9. The van der Waals surface area contributed by atoms with Gasteiger partial charge in [0.1, 0.15) is 16.1 Å². The average Bonchev–Trinajstić information content (AvgIpc) is 2.57. The number of aryl methyl sites for hydroxylation is 1. The van der Waals surface area contributed by atoms with Gasteiger partial charge in [0.25, 0.3) is 0 Å². The predicted molar refractivity (Wildman–Crippen MR) is 69.0 cm³/mol. The fourth-order valence-electron chi connectivity index (χ4n) is 1.71. The van der Waals surface area contributed by atoms with Crippen LogP contribution in [0.25, 0.3) is 11.3 Å². The van der Waals surface area contributed by atoms with Crippen molar-refractivity contribution in [3.63, 3.8) is 0 Å². The molecule has 1 heterocycles. The first-order chi connectivity index (χ1) is 7.65. The van der Waals surface area contributed by atoms with Crippen molar-refractivity contribution in [1.82, 2.24) is 9.55 Å². The van der Waals surface area contributed by atoms with Gasteiger partial charge in [-0.2, -0.15) is 0 Å². The SMILES string of the molecule is Cc1ccccc1-c1nc(CN)n(C)c1Br. The van der Waals surface area contributed by atoms with Gasteiger partial charge in [0.15, 0.2) is 0 Å². The van der Waals surface area contributed by atoms with Crippen molar-refractivity contribution >= 4 is 15.9 Å². The van der Waals surface area contributed by atoms with Gasteiger partial charge in [-0.15, -0.1) is 0 Å². The minimum atomic E-state index is 0.445. The minimum absolute atomic E-state index is 0.445. The third-order valence-corrected chi connectivity index (χ3v) is 3.61. The third-order valence-electron chi connectivity index (χ3n) is 2.70. The summed E-state index contributed by atoms with van der Waals surface area (Å²) >= 11 is 3.56. The summed E-state index contributed by atoms with van der Waals surface area (Å²) in [4.78, 5) is 4.55. The Labute approximate surface area is 103 Å². The average molecular weight is 280 g/mol. The molecule has 0 aliphatic heterocycles. The summed E-state index contributed by atoms with van der Waals surface area (Å²) in [5.74, 6) is 0.880. The number of nitrogens with zero attached hydrogens (tertiary/aromatic N) is 2. The van der Waals surface area contributed by atoms with Crippen LogP contribution in [-0.2, 0) is 13.6 Å². The van der Waals surface area contributed by atoms with Crippen molar-refractivity contribution in [1.29, 1.82) is 0 Å². The summed E-state index contributed by atoms with van der Waals surface area (Å²) in [5.41, 5.74) is 8.96. The van der Waals surface area contributed by atoms with Gasteiger partial charge in [-0.05, 0) is 28.4 Å². The Balaban J connectivity index is 2.61. The molecule has 0 atom stereocenters. The minimum Gasteiger partial charge on any atom is -0.324 e. The highest BCUT2D eigenvalue weighted by Crippen LogP contribution is 2.29.